The predicted molar refractivity (Wildman–Crippen MR) is 67.7 cm³/mol. The molecular formula is C11H15BrFNOS. The highest BCUT2D eigenvalue weighted by Gasteiger charge is 2.32. The third kappa shape index (κ3) is 2.83. The van der Waals surface area contributed by atoms with Gasteiger partial charge in [-0.3, -0.25) is 0 Å². The minimum absolute atomic E-state index is 0.107. The number of nitrogens with one attached hydrogen (secondary N) is 1. The van der Waals surface area contributed by atoms with Gasteiger partial charge in [0.25, 0.3) is 0 Å². The summed E-state index contributed by atoms with van der Waals surface area (Å²) in [7, 11) is 0. The molecule has 1 fully saturated rings. The van der Waals surface area contributed by atoms with E-state index in [2.05, 4.69) is 21.2 Å². The molecule has 0 aromatic carbocycles. The zero-order valence-electron chi connectivity index (χ0n) is 9.13. The van der Waals surface area contributed by atoms with E-state index in [1.807, 2.05) is 10.8 Å². The highest BCUT2D eigenvalue weighted by molar-refractivity contribution is 9.10. The maximum atomic E-state index is 14.6. The van der Waals surface area contributed by atoms with Crippen molar-refractivity contribution in [3.05, 3.63) is 20.8 Å². The zero-order chi connectivity index (χ0) is 11.6. The van der Waals surface area contributed by atoms with Gasteiger partial charge in [-0.05, 0) is 28.2 Å². The van der Waals surface area contributed by atoms with Crippen molar-refractivity contribution in [3.63, 3.8) is 0 Å². The summed E-state index contributed by atoms with van der Waals surface area (Å²) < 4.78 is 20.8. The molecule has 1 N–H and O–H groups in total. The van der Waals surface area contributed by atoms with Crippen LogP contribution in [0.15, 0.2) is 15.2 Å². The van der Waals surface area contributed by atoms with Crippen molar-refractivity contribution < 1.29 is 9.13 Å². The van der Waals surface area contributed by atoms with Gasteiger partial charge in [0.05, 0.1) is 13.2 Å². The van der Waals surface area contributed by atoms with Crippen LogP contribution < -0.4 is 5.32 Å². The summed E-state index contributed by atoms with van der Waals surface area (Å²) in [5.74, 6) is 0. The lowest BCUT2D eigenvalue weighted by molar-refractivity contribution is 0.0474. The van der Waals surface area contributed by atoms with E-state index < -0.39 is 5.67 Å². The molecule has 1 aliphatic heterocycles. The summed E-state index contributed by atoms with van der Waals surface area (Å²) >= 11 is 4.90. The molecule has 0 aliphatic carbocycles. The van der Waals surface area contributed by atoms with E-state index in [-0.39, 0.29) is 6.04 Å². The molecule has 2 rings (SSSR count). The van der Waals surface area contributed by atoms with Gasteiger partial charge in [0.2, 0.25) is 0 Å². The summed E-state index contributed by atoms with van der Waals surface area (Å²) in [6.07, 6.45) is 0.447. The van der Waals surface area contributed by atoms with Crippen LogP contribution >= 0.6 is 27.3 Å². The first-order valence-corrected chi connectivity index (χ1v) is 7.05. The number of rotatable bonds is 3. The Bertz CT molecular complexity index is 350. The van der Waals surface area contributed by atoms with Gasteiger partial charge in [-0.25, -0.2) is 4.39 Å². The van der Waals surface area contributed by atoms with Crippen molar-refractivity contribution in [1.29, 1.82) is 0 Å². The van der Waals surface area contributed by atoms with E-state index in [0.717, 1.165) is 23.2 Å². The molecule has 0 radical (unpaired) electrons. The fourth-order valence-electron chi connectivity index (χ4n) is 1.98. The molecule has 2 nitrogen and oxygen atoms in total. The number of hydrogen-bond acceptors (Lipinski definition) is 3. The fraction of sp³-hybridized carbons (Fsp3) is 0.636. The van der Waals surface area contributed by atoms with Crippen LogP contribution in [0.4, 0.5) is 4.39 Å². The summed E-state index contributed by atoms with van der Waals surface area (Å²) in [6.45, 7) is 3.77. The number of morpholine rings is 1. The quantitative estimate of drug-likeness (QED) is 0.926. The second-order valence-electron chi connectivity index (χ2n) is 4.26. The van der Waals surface area contributed by atoms with Crippen LogP contribution in [0.5, 0.6) is 0 Å². The van der Waals surface area contributed by atoms with Crippen molar-refractivity contribution in [2.75, 3.05) is 19.8 Å². The molecule has 2 unspecified atom stereocenters. The molecule has 2 heterocycles. The van der Waals surface area contributed by atoms with Crippen LogP contribution in [0, 0.1) is 0 Å². The van der Waals surface area contributed by atoms with Crippen molar-refractivity contribution in [3.8, 4) is 0 Å². The maximum absolute atomic E-state index is 14.6. The number of alkyl halides is 1. The van der Waals surface area contributed by atoms with Gasteiger partial charge in [0, 0.05) is 34.4 Å². The van der Waals surface area contributed by atoms with Crippen LogP contribution in [0.25, 0.3) is 0 Å². The van der Waals surface area contributed by atoms with Crippen molar-refractivity contribution in [2.24, 2.45) is 0 Å². The van der Waals surface area contributed by atoms with Crippen molar-refractivity contribution >= 4 is 27.3 Å². The third-order valence-corrected chi connectivity index (χ3v) is 4.51. The Kier molecular flexibility index (Phi) is 4.00. The van der Waals surface area contributed by atoms with Crippen LogP contribution in [-0.2, 0) is 10.4 Å². The Morgan fingerprint density at radius 3 is 3.06 bits per heavy atom. The molecule has 0 spiro atoms. The summed E-state index contributed by atoms with van der Waals surface area (Å²) in [5, 5.41) is 7.06. The third-order valence-electron chi connectivity index (χ3n) is 2.80. The molecule has 5 heteroatoms. The molecule has 1 saturated heterocycles. The van der Waals surface area contributed by atoms with E-state index in [4.69, 9.17) is 4.74 Å². The molecule has 0 saturated carbocycles. The van der Waals surface area contributed by atoms with Crippen molar-refractivity contribution in [2.45, 2.75) is 25.1 Å². The smallest absolute Gasteiger partial charge is 0.136 e. The van der Waals surface area contributed by atoms with Crippen LogP contribution in [0.2, 0.25) is 0 Å². The van der Waals surface area contributed by atoms with Crippen molar-refractivity contribution in [1.82, 2.24) is 5.32 Å². The average molecular weight is 308 g/mol. The van der Waals surface area contributed by atoms with Gasteiger partial charge in [0.15, 0.2) is 0 Å². The van der Waals surface area contributed by atoms with Crippen LogP contribution in [0.3, 0.4) is 0 Å². The standard InChI is InChI=1S/C11H15BrFNOS/c1-11(13,9-6-16-7-10(9)12)4-8-5-15-3-2-14-8/h6-8,14H,2-5H2,1H3. The van der Waals surface area contributed by atoms with Crippen LogP contribution in [0.1, 0.15) is 18.9 Å². The largest absolute Gasteiger partial charge is 0.379 e. The second-order valence-corrected chi connectivity index (χ2v) is 5.86. The van der Waals surface area contributed by atoms with E-state index in [1.54, 1.807) is 6.92 Å². The predicted octanol–water partition coefficient (Wildman–Crippen LogP) is 3.07. The Morgan fingerprint density at radius 1 is 1.69 bits per heavy atom. The van der Waals surface area contributed by atoms with Gasteiger partial charge >= 0.3 is 0 Å². The van der Waals surface area contributed by atoms with E-state index in [1.165, 1.54) is 11.3 Å². The topological polar surface area (TPSA) is 21.3 Å². The molecule has 0 bridgehead atoms. The summed E-state index contributed by atoms with van der Waals surface area (Å²) in [4.78, 5) is 0. The van der Waals surface area contributed by atoms with Gasteiger partial charge in [-0.15, -0.1) is 0 Å². The normalized spacial score (nSPS) is 25.3. The number of hydrogen-bond donors (Lipinski definition) is 1. The van der Waals surface area contributed by atoms with Gasteiger partial charge in [-0.1, -0.05) is 0 Å². The van der Waals surface area contributed by atoms with Gasteiger partial charge < -0.3 is 10.1 Å². The highest BCUT2D eigenvalue weighted by Crippen LogP contribution is 2.37. The lowest BCUT2D eigenvalue weighted by Crippen LogP contribution is -2.44. The molecule has 1 aromatic heterocycles. The molecule has 0 amide bonds. The minimum Gasteiger partial charge on any atom is -0.379 e. The Labute approximate surface area is 107 Å². The lowest BCUT2D eigenvalue weighted by Gasteiger charge is -2.29. The number of thiophene rings is 1. The average Bonchev–Trinajstić information content (AvgIpc) is 2.66. The first-order chi connectivity index (χ1) is 7.59. The lowest BCUT2D eigenvalue weighted by atomic mass is 9.93. The number of ether oxygens (including phenoxy) is 1. The Balaban J connectivity index is 2.04. The Morgan fingerprint density at radius 2 is 2.50 bits per heavy atom. The summed E-state index contributed by atoms with van der Waals surface area (Å²) in [5.41, 5.74) is -0.568. The first kappa shape index (κ1) is 12.5. The SMILES string of the molecule is CC(F)(CC1COCCN1)c1cscc1Br. The molecule has 1 aliphatic rings. The van der Waals surface area contributed by atoms with E-state index >= 15 is 0 Å². The molecule has 1 aromatic rings. The van der Waals surface area contributed by atoms with Gasteiger partial charge in [0.1, 0.15) is 5.67 Å². The molecular weight excluding hydrogens is 293 g/mol. The fourth-order valence-corrected chi connectivity index (χ4v) is 3.80. The van der Waals surface area contributed by atoms with E-state index in [0.29, 0.717) is 13.0 Å². The monoisotopic (exact) mass is 307 g/mol. The van der Waals surface area contributed by atoms with Gasteiger partial charge in [-0.2, -0.15) is 11.3 Å². The second kappa shape index (κ2) is 5.12. The molecule has 16 heavy (non-hydrogen) atoms. The van der Waals surface area contributed by atoms with Crippen LogP contribution in [-0.4, -0.2) is 25.8 Å². The zero-order valence-corrected chi connectivity index (χ0v) is 11.5. The van der Waals surface area contributed by atoms with E-state index in [9.17, 15) is 4.39 Å². The summed E-state index contributed by atoms with van der Waals surface area (Å²) in [6, 6.07) is 0.107. The first-order valence-electron chi connectivity index (χ1n) is 5.32. The number of halogens is 2. The Hall–Kier alpha value is 0.0300. The molecule has 90 valence electrons. The minimum atomic E-state index is -1.31. The molecule has 2 atom stereocenters. The maximum Gasteiger partial charge on any atom is 0.136 e. The highest BCUT2D eigenvalue weighted by atomic mass is 79.9.